The fourth-order valence-corrected chi connectivity index (χ4v) is 1.80. The molecule has 0 aliphatic heterocycles. The standard InChI is InChI=1S/C12H10F5N3.ClH/c1-4-12(18)5(2)20(19-4)3-6-7(13)9(15)11(17)10(16)8(6)14;/h3,18H2,1-2H3;1H/p-1. The number of nitrogens with two attached hydrogens (primary N) is 1. The summed E-state index contributed by atoms with van der Waals surface area (Å²) in [6.45, 7) is 2.49. The number of anilines is 1. The van der Waals surface area contributed by atoms with Gasteiger partial charge in [-0.1, -0.05) is 0 Å². The molecule has 0 saturated carbocycles. The molecule has 0 unspecified atom stereocenters. The van der Waals surface area contributed by atoms with E-state index in [1.54, 1.807) is 6.92 Å². The van der Waals surface area contributed by atoms with Crippen LogP contribution in [0.1, 0.15) is 17.0 Å². The Balaban J connectivity index is 0.00000220. The molecule has 0 saturated heterocycles. The maximum atomic E-state index is 13.5. The summed E-state index contributed by atoms with van der Waals surface area (Å²) < 4.78 is 67.2. The van der Waals surface area contributed by atoms with E-state index < -0.39 is 41.2 Å². The van der Waals surface area contributed by atoms with Gasteiger partial charge in [-0.25, -0.2) is 22.0 Å². The van der Waals surface area contributed by atoms with Gasteiger partial charge in [0, 0.05) is 0 Å². The summed E-state index contributed by atoms with van der Waals surface area (Å²) in [5.41, 5.74) is 5.78. The van der Waals surface area contributed by atoms with E-state index in [1.807, 2.05) is 0 Å². The maximum absolute atomic E-state index is 13.5. The van der Waals surface area contributed by atoms with Crippen molar-refractivity contribution < 1.29 is 34.4 Å². The molecule has 0 aliphatic rings. The van der Waals surface area contributed by atoms with Crippen LogP contribution in [0.25, 0.3) is 0 Å². The number of aryl methyl sites for hydroxylation is 1. The predicted molar refractivity (Wildman–Crippen MR) is 61.4 cm³/mol. The number of hydrogen-bond acceptors (Lipinski definition) is 2. The van der Waals surface area contributed by atoms with Crippen molar-refractivity contribution >= 4 is 5.69 Å². The van der Waals surface area contributed by atoms with Crippen molar-refractivity contribution in [3.8, 4) is 0 Å². The fourth-order valence-electron chi connectivity index (χ4n) is 1.80. The molecule has 9 heteroatoms. The van der Waals surface area contributed by atoms with Gasteiger partial charge >= 0.3 is 0 Å². The zero-order valence-electron chi connectivity index (χ0n) is 10.9. The lowest BCUT2D eigenvalue weighted by atomic mass is 10.1. The number of aromatic nitrogens is 2. The molecule has 0 atom stereocenters. The van der Waals surface area contributed by atoms with Crippen LogP contribution < -0.4 is 18.1 Å². The third-order valence-electron chi connectivity index (χ3n) is 3.05. The molecular weight excluding hydrogens is 317 g/mol. The Bertz CT molecular complexity index is 670. The van der Waals surface area contributed by atoms with Crippen molar-refractivity contribution in [2.45, 2.75) is 20.4 Å². The molecule has 0 aliphatic carbocycles. The minimum Gasteiger partial charge on any atom is -1.00 e. The topological polar surface area (TPSA) is 43.8 Å². The van der Waals surface area contributed by atoms with Gasteiger partial charge in [0.05, 0.1) is 29.2 Å². The Labute approximate surface area is 123 Å². The smallest absolute Gasteiger partial charge is 0.200 e. The number of rotatable bonds is 2. The van der Waals surface area contributed by atoms with E-state index >= 15 is 0 Å². The number of hydrogen-bond donors (Lipinski definition) is 1. The van der Waals surface area contributed by atoms with Crippen LogP contribution in [-0.2, 0) is 6.54 Å². The molecule has 0 spiro atoms. The summed E-state index contributed by atoms with van der Waals surface area (Å²) in [7, 11) is 0. The quantitative estimate of drug-likeness (QED) is 0.473. The highest BCUT2D eigenvalue weighted by molar-refractivity contribution is 5.47. The molecule has 1 heterocycles. The van der Waals surface area contributed by atoms with E-state index in [0.29, 0.717) is 17.1 Å². The van der Waals surface area contributed by atoms with E-state index in [4.69, 9.17) is 5.73 Å². The lowest BCUT2D eigenvalue weighted by Gasteiger charge is -2.09. The monoisotopic (exact) mass is 326 g/mol. The zero-order valence-corrected chi connectivity index (χ0v) is 11.7. The van der Waals surface area contributed by atoms with Gasteiger partial charge in [-0.3, -0.25) is 4.68 Å². The normalized spacial score (nSPS) is 10.6. The molecule has 0 fully saturated rings. The van der Waals surface area contributed by atoms with Gasteiger partial charge in [-0.15, -0.1) is 0 Å². The number of benzene rings is 1. The van der Waals surface area contributed by atoms with Crippen LogP contribution in [0.15, 0.2) is 0 Å². The Hall–Kier alpha value is -1.83. The van der Waals surface area contributed by atoms with Crippen molar-refractivity contribution in [1.29, 1.82) is 0 Å². The van der Waals surface area contributed by atoms with Crippen LogP contribution in [0.4, 0.5) is 27.6 Å². The first kappa shape index (κ1) is 17.2. The first-order valence-corrected chi connectivity index (χ1v) is 5.55. The second kappa shape index (κ2) is 5.88. The SMILES string of the molecule is Cc1nn(Cc2c(F)c(F)c(F)c(F)c2F)c(C)c1N.[Cl-]. The molecule has 3 nitrogen and oxygen atoms in total. The van der Waals surface area contributed by atoms with Crippen LogP contribution >= 0.6 is 0 Å². The van der Waals surface area contributed by atoms with Gasteiger partial charge < -0.3 is 18.1 Å². The lowest BCUT2D eigenvalue weighted by molar-refractivity contribution is -0.00000685. The molecular formula is C12H10ClF5N3-. The highest BCUT2D eigenvalue weighted by Gasteiger charge is 2.26. The predicted octanol–water partition coefficient (Wildman–Crippen LogP) is -0.170. The molecule has 21 heavy (non-hydrogen) atoms. The third kappa shape index (κ3) is 2.67. The van der Waals surface area contributed by atoms with Crippen molar-refractivity contribution in [2.24, 2.45) is 0 Å². The third-order valence-corrected chi connectivity index (χ3v) is 3.05. The van der Waals surface area contributed by atoms with Gasteiger partial charge in [0.25, 0.3) is 0 Å². The second-order valence-electron chi connectivity index (χ2n) is 4.29. The van der Waals surface area contributed by atoms with Crippen molar-refractivity contribution in [2.75, 3.05) is 5.73 Å². The Kier molecular flexibility index (Phi) is 4.83. The summed E-state index contributed by atoms with van der Waals surface area (Å²) in [4.78, 5) is 0. The summed E-state index contributed by atoms with van der Waals surface area (Å²) in [6, 6.07) is 0. The Morgan fingerprint density at radius 1 is 0.905 bits per heavy atom. The van der Waals surface area contributed by atoms with E-state index in [1.165, 1.54) is 6.92 Å². The molecule has 116 valence electrons. The first-order valence-electron chi connectivity index (χ1n) is 5.55. The van der Waals surface area contributed by atoms with Crippen LogP contribution in [0.3, 0.4) is 0 Å². The van der Waals surface area contributed by atoms with Crippen molar-refractivity contribution in [1.82, 2.24) is 9.78 Å². The largest absolute Gasteiger partial charge is 1.00 e. The molecule has 0 bridgehead atoms. The zero-order chi connectivity index (χ0) is 15.2. The summed E-state index contributed by atoms with van der Waals surface area (Å²) in [5.74, 6) is -9.88. The van der Waals surface area contributed by atoms with Crippen molar-refractivity contribution in [3.05, 3.63) is 46.0 Å². The van der Waals surface area contributed by atoms with E-state index in [9.17, 15) is 22.0 Å². The molecule has 2 rings (SSSR count). The number of halogens is 6. The van der Waals surface area contributed by atoms with Gasteiger partial charge in [-0.2, -0.15) is 5.10 Å². The van der Waals surface area contributed by atoms with E-state index in [0.717, 1.165) is 4.68 Å². The molecule has 0 radical (unpaired) electrons. The molecule has 1 aromatic heterocycles. The van der Waals surface area contributed by atoms with Gasteiger partial charge in [0.15, 0.2) is 23.3 Å². The molecule has 2 N–H and O–H groups in total. The number of nitrogens with zero attached hydrogens (tertiary/aromatic N) is 2. The van der Waals surface area contributed by atoms with Crippen LogP contribution in [0, 0.1) is 42.9 Å². The summed E-state index contributed by atoms with van der Waals surface area (Å²) >= 11 is 0. The lowest BCUT2D eigenvalue weighted by Crippen LogP contribution is -3.00. The minimum atomic E-state index is -2.18. The Morgan fingerprint density at radius 2 is 1.33 bits per heavy atom. The summed E-state index contributed by atoms with van der Waals surface area (Å²) in [5, 5.41) is 3.89. The highest BCUT2D eigenvalue weighted by atomic mass is 35.5. The van der Waals surface area contributed by atoms with Gasteiger partial charge in [0.2, 0.25) is 5.82 Å². The van der Waals surface area contributed by atoms with Crippen molar-refractivity contribution in [3.63, 3.8) is 0 Å². The van der Waals surface area contributed by atoms with Gasteiger partial charge in [-0.05, 0) is 13.8 Å². The molecule has 0 amide bonds. The molecule has 2 aromatic rings. The number of nitrogen functional groups attached to an aromatic ring is 1. The summed E-state index contributed by atoms with van der Waals surface area (Å²) in [6.07, 6.45) is 0. The Morgan fingerprint density at radius 3 is 1.71 bits per heavy atom. The highest BCUT2D eigenvalue weighted by Crippen LogP contribution is 2.25. The minimum absolute atomic E-state index is 0. The fraction of sp³-hybridized carbons (Fsp3) is 0.250. The van der Waals surface area contributed by atoms with Crippen LogP contribution in [-0.4, -0.2) is 9.78 Å². The average Bonchev–Trinajstić information content (AvgIpc) is 2.66. The van der Waals surface area contributed by atoms with Crippen LogP contribution in [0.2, 0.25) is 0 Å². The van der Waals surface area contributed by atoms with Crippen LogP contribution in [0.5, 0.6) is 0 Å². The second-order valence-corrected chi connectivity index (χ2v) is 4.29. The van der Waals surface area contributed by atoms with E-state index in [2.05, 4.69) is 5.10 Å². The maximum Gasteiger partial charge on any atom is 0.200 e. The first-order chi connectivity index (χ1) is 9.25. The van der Waals surface area contributed by atoms with E-state index in [-0.39, 0.29) is 12.4 Å². The van der Waals surface area contributed by atoms with Gasteiger partial charge in [0.1, 0.15) is 0 Å². The molecule has 1 aromatic carbocycles. The average molecular weight is 327 g/mol.